The Morgan fingerprint density at radius 3 is 1.63 bits per heavy atom. The Kier molecular flexibility index (Phi) is 9.23. The maximum atomic E-state index is 6.39. The van der Waals surface area contributed by atoms with Gasteiger partial charge in [0.1, 0.15) is 0 Å². The summed E-state index contributed by atoms with van der Waals surface area (Å²) in [6.45, 7) is 0. The van der Waals surface area contributed by atoms with Crippen molar-refractivity contribution >= 4 is 57.7 Å². The quantitative estimate of drug-likeness (QED) is 0.148. The highest BCUT2D eigenvalue weighted by atomic mass is 35.5. The number of rotatable bonds is 8. The van der Waals surface area contributed by atoms with E-state index >= 15 is 0 Å². The summed E-state index contributed by atoms with van der Waals surface area (Å²) in [5.41, 5.74) is 7.51. The lowest BCUT2D eigenvalue weighted by Crippen LogP contribution is -2.45. The van der Waals surface area contributed by atoms with E-state index in [4.69, 9.17) is 23.2 Å². The Labute approximate surface area is 289 Å². The summed E-state index contributed by atoms with van der Waals surface area (Å²) >= 11 is 16.4. The van der Waals surface area contributed by atoms with Crippen LogP contribution in [-0.2, 0) is 4.75 Å². The summed E-state index contributed by atoms with van der Waals surface area (Å²) in [6, 6.07) is 59.8. The SMILES string of the molecule is Clc1ccc(S/C(=C2/C(=C/c3ccccc3)[C@](Sc3ccc(Cl)cc3)(c3ccccc3)[C@H]2c2ccccc2)c2ccccc2)cc1. The highest BCUT2D eigenvalue weighted by molar-refractivity contribution is 8.08. The Hall–Kier alpha value is -3.92. The van der Waals surface area contributed by atoms with Crippen LogP contribution in [-0.4, -0.2) is 0 Å². The maximum absolute atomic E-state index is 6.39. The van der Waals surface area contributed by atoms with Crippen LogP contribution in [0.2, 0.25) is 10.0 Å². The first kappa shape index (κ1) is 30.7. The number of allylic oxidation sites excluding steroid dienone is 1. The van der Waals surface area contributed by atoms with Gasteiger partial charge in [0.25, 0.3) is 0 Å². The summed E-state index contributed by atoms with van der Waals surface area (Å²) in [4.78, 5) is 3.55. The molecule has 0 amide bonds. The molecule has 4 heteroatoms. The Morgan fingerprint density at radius 1 is 0.543 bits per heavy atom. The predicted octanol–water partition coefficient (Wildman–Crippen LogP) is 13.1. The van der Waals surface area contributed by atoms with E-state index in [-0.39, 0.29) is 5.92 Å². The van der Waals surface area contributed by atoms with Crippen LogP contribution >= 0.6 is 46.7 Å². The van der Waals surface area contributed by atoms with E-state index < -0.39 is 4.75 Å². The van der Waals surface area contributed by atoms with Gasteiger partial charge in [0.05, 0.1) is 4.75 Å². The van der Waals surface area contributed by atoms with Crippen LogP contribution in [0.5, 0.6) is 0 Å². The number of thioether (sulfide) groups is 2. The zero-order chi connectivity index (χ0) is 31.3. The van der Waals surface area contributed by atoms with Crippen molar-refractivity contribution in [2.24, 2.45) is 0 Å². The molecule has 0 heterocycles. The molecule has 1 fully saturated rings. The third-order valence-corrected chi connectivity index (χ3v) is 11.4. The molecule has 2 atom stereocenters. The molecule has 0 N–H and O–H groups in total. The molecular weight excluding hydrogens is 640 g/mol. The van der Waals surface area contributed by atoms with Gasteiger partial charge >= 0.3 is 0 Å². The molecule has 0 aliphatic heterocycles. The van der Waals surface area contributed by atoms with Crippen molar-refractivity contribution in [2.75, 3.05) is 0 Å². The normalized spacial score (nSPS) is 19.4. The van der Waals surface area contributed by atoms with E-state index in [1.165, 1.54) is 43.2 Å². The minimum Gasteiger partial charge on any atom is -0.109 e. The van der Waals surface area contributed by atoms with Gasteiger partial charge in [-0.15, -0.1) is 11.8 Å². The zero-order valence-corrected chi connectivity index (χ0v) is 28.0. The highest BCUT2D eigenvalue weighted by Crippen LogP contribution is 2.71. The van der Waals surface area contributed by atoms with Gasteiger partial charge in [-0.25, -0.2) is 0 Å². The molecule has 0 bridgehead atoms. The van der Waals surface area contributed by atoms with Crippen molar-refractivity contribution in [1.82, 2.24) is 0 Å². The van der Waals surface area contributed by atoms with E-state index in [2.05, 4.69) is 152 Å². The lowest BCUT2D eigenvalue weighted by molar-refractivity contribution is 0.541. The fourth-order valence-corrected chi connectivity index (χ4v) is 9.09. The summed E-state index contributed by atoms with van der Waals surface area (Å²) in [5, 5.41) is 1.47. The van der Waals surface area contributed by atoms with Crippen LogP contribution in [0.4, 0.5) is 0 Å². The third kappa shape index (κ3) is 6.24. The fourth-order valence-electron chi connectivity index (χ4n) is 6.19. The molecule has 0 radical (unpaired) electrons. The van der Waals surface area contributed by atoms with Crippen LogP contribution in [0.1, 0.15) is 28.2 Å². The number of benzene rings is 6. The van der Waals surface area contributed by atoms with Gasteiger partial charge in [-0.3, -0.25) is 0 Å². The summed E-state index contributed by atoms with van der Waals surface area (Å²) in [7, 11) is 0. The molecule has 46 heavy (non-hydrogen) atoms. The predicted molar refractivity (Wildman–Crippen MR) is 200 cm³/mol. The molecule has 224 valence electrons. The van der Waals surface area contributed by atoms with Crippen molar-refractivity contribution in [3.05, 3.63) is 213 Å². The Bertz CT molecular complexity index is 1970. The molecular formula is C42H30Cl2S2. The molecule has 1 aliphatic rings. The lowest BCUT2D eigenvalue weighted by Gasteiger charge is -2.55. The summed E-state index contributed by atoms with van der Waals surface area (Å²) in [6.07, 6.45) is 2.40. The second kappa shape index (κ2) is 13.8. The largest absolute Gasteiger partial charge is 0.109 e. The average Bonchev–Trinajstić information content (AvgIpc) is 3.11. The van der Waals surface area contributed by atoms with Gasteiger partial charge < -0.3 is 0 Å². The topological polar surface area (TPSA) is 0 Å². The first-order valence-corrected chi connectivity index (χ1v) is 17.6. The fraction of sp³-hybridized carbons (Fsp3) is 0.0476. The second-order valence-corrected chi connectivity index (χ2v) is 14.4. The van der Waals surface area contributed by atoms with Gasteiger partial charge in [-0.05, 0) is 88.0 Å². The van der Waals surface area contributed by atoms with Gasteiger partial charge in [0.15, 0.2) is 0 Å². The van der Waals surface area contributed by atoms with Gasteiger partial charge in [0.2, 0.25) is 0 Å². The number of hydrogen-bond donors (Lipinski definition) is 0. The van der Waals surface area contributed by atoms with E-state index in [1.807, 2.05) is 36.0 Å². The van der Waals surface area contributed by atoms with E-state index in [0.717, 1.165) is 14.9 Å². The molecule has 1 aliphatic carbocycles. The van der Waals surface area contributed by atoms with Crippen molar-refractivity contribution in [3.8, 4) is 0 Å². The maximum Gasteiger partial charge on any atom is 0.0817 e. The van der Waals surface area contributed by atoms with Crippen LogP contribution in [0.15, 0.2) is 191 Å². The van der Waals surface area contributed by atoms with E-state index in [9.17, 15) is 0 Å². The molecule has 0 unspecified atom stereocenters. The first-order chi connectivity index (χ1) is 22.6. The van der Waals surface area contributed by atoms with Crippen molar-refractivity contribution < 1.29 is 0 Å². The summed E-state index contributed by atoms with van der Waals surface area (Å²) < 4.78 is -0.428. The highest BCUT2D eigenvalue weighted by Gasteiger charge is 2.58. The molecule has 0 spiro atoms. The zero-order valence-electron chi connectivity index (χ0n) is 24.9. The van der Waals surface area contributed by atoms with Crippen molar-refractivity contribution in [3.63, 3.8) is 0 Å². The summed E-state index contributed by atoms with van der Waals surface area (Å²) in [5.74, 6) is 0.0433. The first-order valence-electron chi connectivity index (χ1n) is 15.2. The molecule has 6 aromatic carbocycles. The van der Waals surface area contributed by atoms with Crippen LogP contribution in [0.3, 0.4) is 0 Å². The molecule has 6 aromatic rings. The molecule has 0 aromatic heterocycles. The van der Waals surface area contributed by atoms with Crippen LogP contribution < -0.4 is 0 Å². The minimum absolute atomic E-state index is 0.0433. The number of hydrogen-bond acceptors (Lipinski definition) is 2. The monoisotopic (exact) mass is 668 g/mol. The standard InChI is InChI=1S/C42H30Cl2S2/c43-34-21-25-36(26-22-34)45-41(32-17-9-3-10-18-32)39-38(29-30-13-5-1-6-14-30)42(33-19-11-4-12-20-33,40(39)31-15-7-2-8-16-31)46-37-27-23-35(44)24-28-37/h1-29,40H/b38-29-,41-39-/t40-,42+/m0/s1. The van der Waals surface area contributed by atoms with Crippen molar-refractivity contribution in [1.29, 1.82) is 0 Å². The second-order valence-electron chi connectivity index (χ2n) is 11.1. The smallest absolute Gasteiger partial charge is 0.0817 e. The van der Waals surface area contributed by atoms with Crippen LogP contribution in [0, 0.1) is 0 Å². The molecule has 0 saturated heterocycles. The lowest BCUT2D eigenvalue weighted by atomic mass is 9.58. The van der Waals surface area contributed by atoms with Gasteiger partial charge in [-0.2, -0.15) is 0 Å². The molecule has 1 saturated carbocycles. The minimum atomic E-state index is -0.428. The molecule has 7 rings (SSSR count). The average molecular weight is 670 g/mol. The molecule has 0 nitrogen and oxygen atoms in total. The third-order valence-electron chi connectivity index (χ3n) is 8.24. The van der Waals surface area contributed by atoms with Crippen LogP contribution in [0.25, 0.3) is 11.0 Å². The van der Waals surface area contributed by atoms with E-state index in [0.29, 0.717) is 0 Å². The van der Waals surface area contributed by atoms with Crippen molar-refractivity contribution in [2.45, 2.75) is 20.5 Å². The van der Waals surface area contributed by atoms with E-state index in [1.54, 1.807) is 11.8 Å². The Balaban J connectivity index is 1.57. The number of halogens is 2. The van der Waals surface area contributed by atoms with Gasteiger partial charge in [0, 0.05) is 30.7 Å². The Morgan fingerprint density at radius 2 is 1.04 bits per heavy atom. The van der Waals surface area contributed by atoms with Gasteiger partial charge in [-0.1, -0.05) is 156 Å².